The molecule has 0 bridgehead atoms. The van der Waals surface area contributed by atoms with E-state index in [1.807, 2.05) is 6.92 Å². The first-order chi connectivity index (χ1) is 9.13. The van der Waals surface area contributed by atoms with Gasteiger partial charge in [0.15, 0.2) is 0 Å². The smallest absolute Gasteiger partial charge is 0.284 e. The average molecular weight is 298 g/mol. The molecule has 19 heavy (non-hydrogen) atoms. The number of thiazole rings is 1. The van der Waals surface area contributed by atoms with Gasteiger partial charge in [0.25, 0.3) is 10.7 Å². The third kappa shape index (κ3) is 3.49. The van der Waals surface area contributed by atoms with Crippen molar-refractivity contribution in [2.45, 2.75) is 27.2 Å². The van der Waals surface area contributed by atoms with Gasteiger partial charge in [-0.3, -0.25) is 0 Å². The van der Waals surface area contributed by atoms with Crippen LogP contribution in [0.1, 0.15) is 24.5 Å². The minimum Gasteiger partial charge on any atom is -0.408 e. The lowest BCUT2D eigenvalue weighted by Gasteiger charge is -2.16. The first-order valence-electron chi connectivity index (χ1n) is 6.38. The fourth-order valence-corrected chi connectivity index (χ4v) is 2.98. The van der Waals surface area contributed by atoms with E-state index in [1.165, 1.54) is 0 Å². The van der Waals surface area contributed by atoms with Crippen molar-refractivity contribution in [1.29, 1.82) is 0 Å². The lowest BCUT2D eigenvalue weighted by molar-refractivity contribution is 0.308. The summed E-state index contributed by atoms with van der Waals surface area (Å²) in [6.45, 7) is 9.50. The van der Waals surface area contributed by atoms with Crippen LogP contribution in [0.2, 0.25) is 0 Å². The maximum absolute atomic E-state index is 5.34. The van der Waals surface area contributed by atoms with Crippen molar-refractivity contribution in [1.82, 2.24) is 20.1 Å². The summed E-state index contributed by atoms with van der Waals surface area (Å²) in [7, 11) is 0. The Morgan fingerprint density at radius 1 is 1.37 bits per heavy atom. The zero-order valence-corrected chi connectivity index (χ0v) is 13.0. The van der Waals surface area contributed by atoms with Crippen LogP contribution in [-0.2, 0) is 6.42 Å². The van der Waals surface area contributed by atoms with Gasteiger partial charge in [-0.1, -0.05) is 13.8 Å². The van der Waals surface area contributed by atoms with Crippen molar-refractivity contribution < 1.29 is 4.42 Å². The van der Waals surface area contributed by atoms with E-state index < -0.39 is 0 Å². The van der Waals surface area contributed by atoms with E-state index in [1.54, 1.807) is 11.3 Å². The van der Waals surface area contributed by atoms with Crippen LogP contribution in [0, 0.1) is 11.8 Å². The van der Waals surface area contributed by atoms with Crippen molar-refractivity contribution in [3.63, 3.8) is 0 Å². The van der Waals surface area contributed by atoms with Crippen LogP contribution in [0.3, 0.4) is 0 Å². The number of hydrogen-bond donors (Lipinski definition) is 1. The second-order valence-corrected chi connectivity index (χ2v) is 5.67. The van der Waals surface area contributed by atoms with Crippen LogP contribution in [0.5, 0.6) is 0 Å². The number of aromatic amines is 1. The van der Waals surface area contributed by atoms with Gasteiger partial charge in [-0.15, -0.1) is 16.4 Å². The van der Waals surface area contributed by atoms with Gasteiger partial charge < -0.3 is 9.32 Å². The van der Waals surface area contributed by atoms with E-state index in [-0.39, 0.29) is 0 Å². The molecule has 2 aromatic rings. The normalized spacial score (nSPS) is 11.4. The molecule has 0 amide bonds. The highest BCUT2D eigenvalue weighted by atomic mass is 32.1. The predicted octanol–water partition coefficient (Wildman–Crippen LogP) is 3.05. The molecule has 2 aromatic heterocycles. The molecule has 0 saturated heterocycles. The summed E-state index contributed by atoms with van der Waals surface area (Å²) in [6, 6.07) is 0. The third-order valence-electron chi connectivity index (χ3n) is 3.01. The maximum Gasteiger partial charge on any atom is 0.284 e. The number of nitrogens with zero attached hydrogens (tertiary/aromatic N) is 3. The van der Waals surface area contributed by atoms with Gasteiger partial charge in [-0.05, 0) is 32.2 Å². The topological polar surface area (TPSA) is 58.0 Å². The Morgan fingerprint density at radius 2 is 2.11 bits per heavy atom. The summed E-state index contributed by atoms with van der Waals surface area (Å²) in [4.78, 5) is 8.23. The van der Waals surface area contributed by atoms with Crippen molar-refractivity contribution in [2.75, 3.05) is 19.6 Å². The van der Waals surface area contributed by atoms with Gasteiger partial charge in [0.2, 0.25) is 0 Å². The van der Waals surface area contributed by atoms with E-state index in [0.29, 0.717) is 10.7 Å². The lowest BCUT2D eigenvalue weighted by Crippen LogP contribution is -2.25. The highest BCUT2D eigenvalue weighted by Gasteiger charge is 2.14. The van der Waals surface area contributed by atoms with Crippen LogP contribution < -0.4 is 0 Å². The highest BCUT2D eigenvalue weighted by Crippen LogP contribution is 2.28. The first-order valence-corrected chi connectivity index (χ1v) is 7.61. The molecule has 5 nitrogen and oxygen atoms in total. The van der Waals surface area contributed by atoms with Crippen LogP contribution in [0.25, 0.3) is 10.8 Å². The number of aromatic nitrogens is 3. The first kappa shape index (κ1) is 14.4. The van der Waals surface area contributed by atoms with E-state index >= 15 is 0 Å². The van der Waals surface area contributed by atoms with E-state index in [4.69, 9.17) is 16.6 Å². The summed E-state index contributed by atoms with van der Waals surface area (Å²) in [5.41, 5.74) is 0.949. The van der Waals surface area contributed by atoms with Gasteiger partial charge >= 0.3 is 0 Å². The fraction of sp³-hybridized carbons (Fsp3) is 0.583. The second kappa shape index (κ2) is 6.40. The summed E-state index contributed by atoms with van der Waals surface area (Å²) >= 11 is 6.52. The highest BCUT2D eigenvalue weighted by molar-refractivity contribution is 7.71. The van der Waals surface area contributed by atoms with Crippen LogP contribution >= 0.6 is 23.6 Å². The minimum absolute atomic E-state index is 0.299. The molecule has 0 unspecified atom stereocenters. The number of nitrogens with one attached hydrogen (secondary N) is 1. The maximum atomic E-state index is 5.34. The molecule has 0 aliphatic heterocycles. The molecule has 2 heterocycles. The Balaban J connectivity index is 2.11. The summed E-state index contributed by atoms with van der Waals surface area (Å²) < 4.78 is 5.34. The lowest BCUT2D eigenvalue weighted by atomic mass is 10.3. The van der Waals surface area contributed by atoms with Gasteiger partial charge in [-0.2, -0.15) is 0 Å². The Kier molecular flexibility index (Phi) is 4.84. The Bertz CT molecular complexity index is 583. The van der Waals surface area contributed by atoms with E-state index in [2.05, 4.69) is 33.9 Å². The quantitative estimate of drug-likeness (QED) is 0.831. The molecule has 0 aliphatic rings. The molecule has 0 atom stereocenters. The zero-order valence-electron chi connectivity index (χ0n) is 11.4. The number of likely N-dealkylation sites (N-methyl/N-ethyl adjacent to an activating group) is 1. The average Bonchev–Trinajstić information content (AvgIpc) is 2.97. The van der Waals surface area contributed by atoms with Crippen molar-refractivity contribution in [3.8, 4) is 10.8 Å². The molecule has 0 spiro atoms. The number of hydrogen-bond acceptors (Lipinski definition) is 6. The second-order valence-electron chi connectivity index (χ2n) is 4.22. The minimum atomic E-state index is 0.299. The molecular formula is C12H18N4OS2. The van der Waals surface area contributed by atoms with E-state index in [9.17, 15) is 0 Å². The molecular weight excluding hydrogens is 280 g/mol. The molecule has 1 N–H and O–H groups in total. The SMILES string of the molecule is CCN(CC)CCc1nc(C)c(-c2n[nH]c(=S)o2)s1. The Labute approximate surface area is 121 Å². The zero-order chi connectivity index (χ0) is 13.8. The van der Waals surface area contributed by atoms with E-state index in [0.717, 1.165) is 41.6 Å². The largest absolute Gasteiger partial charge is 0.408 e. The molecule has 0 radical (unpaired) electrons. The molecule has 7 heteroatoms. The van der Waals surface area contributed by atoms with Crippen LogP contribution in [-0.4, -0.2) is 39.7 Å². The van der Waals surface area contributed by atoms with Gasteiger partial charge in [0, 0.05) is 13.0 Å². The van der Waals surface area contributed by atoms with Crippen molar-refractivity contribution >= 4 is 23.6 Å². The molecule has 0 fully saturated rings. The number of H-pyrrole nitrogens is 1. The van der Waals surface area contributed by atoms with Gasteiger partial charge in [0.05, 0.1) is 10.7 Å². The standard InChI is InChI=1S/C12H18N4OS2/c1-4-16(5-2)7-6-9-13-8(3)10(19-9)11-14-15-12(18)17-11/h4-7H2,1-3H3,(H,15,18). The van der Waals surface area contributed by atoms with Crippen molar-refractivity contribution in [2.24, 2.45) is 0 Å². The summed E-state index contributed by atoms with van der Waals surface area (Å²) in [6.07, 6.45) is 0.957. The van der Waals surface area contributed by atoms with Crippen LogP contribution in [0.15, 0.2) is 4.42 Å². The number of rotatable bonds is 6. The molecule has 0 aliphatic carbocycles. The molecule has 2 rings (SSSR count). The monoisotopic (exact) mass is 298 g/mol. The predicted molar refractivity (Wildman–Crippen MR) is 79.0 cm³/mol. The number of aryl methyl sites for hydroxylation is 1. The molecule has 104 valence electrons. The summed E-state index contributed by atoms with van der Waals surface area (Å²) in [5.74, 6) is 0.536. The Hall–Kier alpha value is -1.05. The third-order valence-corrected chi connectivity index (χ3v) is 4.39. The Morgan fingerprint density at radius 3 is 2.68 bits per heavy atom. The fourth-order valence-electron chi connectivity index (χ4n) is 1.88. The molecule has 0 saturated carbocycles. The summed E-state index contributed by atoms with van der Waals surface area (Å²) in [5, 5.41) is 7.81. The van der Waals surface area contributed by atoms with Gasteiger partial charge in [0.1, 0.15) is 4.88 Å². The van der Waals surface area contributed by atoms with Crippen molar-refractivity contribution in [3.05, 3.63) is 15.5 Å². The van der Waals surface area contributed by atoms with Crippen LogP contribution in [0.4, 0.5) is 0 Å². The molecule has 0 aromatic carbocycles. The van der Waals surface area contributed by atoms with Gasteiger partial charge in [-0.25, -0.2) is 10.1 Å².